The van der Waals surface area contributed by atoms with Crippen LogP contribution in [0.1, 0.15) is 40.7 Å². The summed E-state index contributed by atoms with van der Waals surface area (Å²) in [7, 11) is 9.79. The van der Waals surface area contributed by atoms with Crippen molar-refractivity contribution in [3.05, 3.63) is 83.6 Å². The van der Waals surface area contributed by atoms with Gasteiger partial charge < -0.3 is 20.3 Å². The van der Waals surface area contributed by atoms with Gasteiger partial charge in [-0.15, -0.1) is 27.7 Å². The van der Waals surface area contributed by atoms with Crippen molar-refractivity contribution < 1.29 is 14.3 Å². The number of pyridine rings is 1. The molecule has 2 amide bonds. The van der Waals surface area contributed by atoms with E-state index >= 15 is 0 Å². The summed E-state index contributed by atoms with van der Waals surface area (Å²) in [5, 5.41) is 6.27. The maximum Gasteiger partial charge on any atom is 0.256 e. The van der Waals surface area contributed by atoms with Gasteiger partial charge in [0.25, 0.3) is 5.91 Å². The molecule has 0 spiro atoms. The van der Waals surface area contributed by atoms with Crippen LogP contribution in [0.25, 0.3) is 11.1 Å². The standard InChI is InChI=1S/C31H39N4O3P3/c1-38-28-24(11-8-15-32-28)27(36)33-17-21-18-35(19-21)16-7-6-14-30(29(37)34-20-31(39,40)41)25-12-4-2-9-22(25)23-10-3-5-13-26(23)30/h2-5,8-13,15,21H,6-7,14,16-20,39-41H2,1H3,(H,33,36)(H,34,37). The van der Waals surface area contributed by atoms with Crippen LogP contribution in [0.15, 0.2) is 66.9 Å². The first-order chi connectivity index (χ1) is 19.7. The van der Waals surface area contributed by atoms with E-state index in [0.29, 0.717) is 30.5 Å². The molecule has 2 N–H and O–H groups in total. The monoisotopic (exact) mass is 608 g/mol. The van der Waals surface area contributed by atoms with Crippen molar-refractivity contribution in [3.8, 4) is 17.0 Å². The topological polar surface area (TPSA) is 83.6 Å². The van der Waals surface area contributed by atoms with Gasteiger partial charge in [-0.05, 0) is 53.8 Å². The molecule has 216 valence electrons. The Kier molecular flexibility index (Phi) is 9.41. The van der Waals surface area contributed by atoms with Gasteiger partial charge in [-0.25, -0.2) is 4.98 Å². The van der Waals surface area contributed by atoms with E-state index in [2.05, 4.69) is 84.6 Å². The minimum Gasteiger partial charge on any atom is -0.480 e. The first kappa shape index (κ1) is 30.1. The fourth-order valence-corrected chi connectivity index (χ4v) is 6.42. The van der Waals surface area contributed by atoms with Crippen molar-refractivity contribution in [1.82, 2.24) is 20.5 Å². The van der Waals surface area contributed by atoms with Gasteiger partial charge in [0.15, 0.2) is 0 Å². The number of unbranched alkanes of at least 4 members (excludes halogenated alkanes) is 1. The fourth-order valence-electron chi connectivity index (χ4n) is 6.11. The number of ether oxygens (including phenoxy) is 1. The minimum absolute atomic E-state index is 0.0663. The third-order valence-corrected chi connectivity index (χ3v) is 8.69. The summed E-state index contributed by atoms with van der Waals surface area (Å²) in [6.07, 6.45) is 4.31. The Labute approximate surface area is 249 Å². The molecule has 2 aromatic carbocycles. The molecule has 1 aromatic heterocycles. The lowest BCUT2D eigenvalue weighted by Gasteiger charge is -2.39. The van der Waals surface area contributed by atoms with Crippen molar-refractivity contribution in [1.29, 1.82) is 0 Å². The van der Waals surface area contributed by atoms with Crippen molar-refractivity contribution in [2.75, 3.05) is 39.8 Å². The number of rotatable bonds is 12. The molecule has 3 unspecified atom stereocenters. The van der Waals surface area contributed by atoms with Gasteiger partial charge in [-0.3, -0.25) is 9.59 Å². The first-order valence-corrected chi connectivity index (χ1v) is 15.8. The number of aromatic nitrogens is 1. The molecular weight excluding hydrogens is 569 g/mol. The van der Waals surface area contributed by atoms with E-state index < -0.39 is 5.41 Å². The number of likely N-dealkylation sites (tertiary alicyclic amines) is 1. The van der Waals surface area contributed by atoms with Crippen LogP contribution in [0, 0.1) is 5.92 Å². The molecule has 7 nitrogen and oxygen atoms in total. The maximum atomic E-state index is 14.1. The third-order valence-electron chi connectivity index (χ3n) is 8.08. The molecule has 1 fully saturated rings. The summed E-state index contributed by atoms with van der Waals surface area (Å²) in [6, 6.07) is 20.2. The predicted molar refractivity (Wildman–Crippen MR) is 174 cm³/mol. The van der Waals surface area contributed by atoms with E-state index in [-0.39, 0.29) is 16.5 Å². The summed E-state index contributed by atoms with van der Waals surface area (Å²) in [5.74, 6) is 0.681. The van der Waals surface area contributed by atoms with E-state index in [1.807, 2.05) is 12.1 Å². The smallest absolute Gasteiger partial charge is 0.256 e. The Morgan fingerprint density at radius 3 is 2.27 bits per heavy atom. The number of hydrogen-bond donors (Lipinski definition) is 2. The largest absolute Gasteiger partial charge is 0.480 e. The molecule has 0 saturated carbocycles. The van der Waals surface area contributed by atoms with Crippen molar-refractivity contribution >= 4 is 39.5 Å². The Morgan fingerprint density at radius 2 is 1.63 bits per heavy atom. The van der Waals surface area contributed by atoms with Crippen LogP contribution in [0.3, 0.4) is 0 Å². The number of carbonyl (C=O) groups is 2. The van der Waals surface area contributed by atoms with Crippen LogP contribution in [-0.2, 0) is 10.2 Å². The molecular formula is C31H39N4O3P3. The normalized spacial score (nSPS) is 15.9. The van der Waals surface area contributed by atoms with Gasteiger partial charge in [0.05, 0.1) is 7.11 Å². The maximum absolute atomic E-state index is 14.1. The Bertz CT molecular complexity index is 1360. The highest BCUT2D eigenvalue weighted by molar-refractivity contribution is 7.57. The lowest BCUT2D eigenvalue weighted by atomic mass is 9.73. The number of hydrogen-bond acceptors (Lipinski definition) is 5. The SMILES string of the molecule is COc1ncccc1C(=O)NCC1CN(CCCCC2(C(=O)NCC(P)(P)P)c3ccccc3-c3ccccc32)C1. The first-order valence-electron chi connectivity index (χ1n) is 14.1. The summed E-state index contributed by atoms with van der Waals surface area (Å²) >= 11 is 0. The number of benzene rings is 2. The van der Waals surface area contributed by atoms with E-state index in [1.165, 1.54) is 7.11 Å². The molecule has 0 radical (unpaired) electrons. The summed E-state index contributed by atoms with van der Waals surface area (Å²) < 4.78 is 4.96. The molecule has 1 saturated heterocycles. The van der Waals surface area contributed by atoms with Crippen LogP contribution in [0.2, 0.25) is 0 Å². The quantitative estimate of drug-likeness (QED) is 0.237. The number of nitrogens with one attached hydrogen (secondary N) is 2. The highest BCUT2D eigenvalue weighted by Crippen LogP contribution is 2.51. The van der Waals surface area contributed by atoms with Crippen LogP contribution < -0.4 is 15.4 Å². The second kappa shape index (κ2) is 12.8. The molecule has 2 heterocycles. The highest BCUT2D eigenvalue weighted by atomic mass is 31.1. The van der Waals surface area contributed by atoms with Crippen LogP contribution in [0.4, 0.5) is 0 Å². The molecule has 0 bridgehead atoms. The molecule has 3 aromatic rings. The molecule has 1 aliphatic heterocycles. The fraction of sp³-hybridized carbons (Fsp3) is 0.387. The number of nitrogens with zero attached hydrogens (tertiary/aromatic N) is 2. The van der Waals surface area contributed by atoms with Crippen molar-refractivity contribution in [2.24, 2.45) is 5.92 Å². The van der Waals surface area contributed by atoms with Crippen LogP contribution in [0.5, 0.6) is 5.88 Å². The molecule has 10 heteroatoms. The molecule has 5 rings (SSSR count). The van der Waals surface area contributed by atoms with E-state index in [4.69, 9.17) is 4.74 Å². The Morgan fingerprint density at radius 1 is 0.976 bits per heavy atom. The van der Waals surface area contributed by atoms with E-state index in [1.54, 1.807) is 18.3 Å². The number of carbonyl (C=O) groups excluding carboxylic acids is 2. The second-order valence-corrected chi connectivity index (χ2v) is 16.4. The third kappa shape index (κ3) is 6.50. The van der Waals surface area contributed by atoms with E-state index in [0.717, 1.165) is 61.2 Å². The number of fused-ring (bicyclic) bond motifs is 3. The predicted octanol–water partition coefficient (Wildman–Crippen LogP) is 4.28. The zero-order valence-electron chi connectivity index (χ0n) is 23.4. The second-order valence-electron chi connectivity index (χ2n) is 11.1. The zero-order valence-corrected chi connectivity index (χ0v) is 26.9. The van der Waals surface area contributed by atoms with Gasteiger partial charge in [-0.1, -0.05) is 55.0 Å². The minimum atomic E-state index is -0.701. The summed E-state index contributed by atoms with van der Waals surface area (Å²) in [4.78, 5) is 33.2. The number of methoxy groups -OCH3 is 1. The lowest BCUT2D eigenvalue weighted by Crippen LogP contribution is -2.51. The lowest BCUT2D eigenvalue weighted by molar-refractivity contribution is -0.125. The van der Waals surface area contributed by atoms with Crippen LogP contribution in [-0.4, -0.2) is 66.2 Å². The summed E-state index contributed by atoms with van der Waals surface area (Å²) in [6.45, 7) is 4.05. The van der Waals surface area contributed by atoms with Crippen molar-refractivity contribution in [3.63, 3.8) is 0 Å². The van der Waals surface area contributed by atoms with E-state index in [9.17, 15) is 9.59 Å². The van der Waals surface area contributed by atoms with Gasteiger partial charge in [0.2, 0.25) is 11.8 Å². The molecule has 1 aliphatic carbocycles. The Hall–Kier alpha value is -2.42. The van der Waals surface area contributed by atoms with Crippen LogP contribution >= 0.6 is 27.7 Å². The number of amides is 2. The average molecular weight is 609 g/mol. The Balaban J connectivity index is 1.17. The molecule has 41 heavy (non-hydrogen) atoms. The molecule has 3 atom stereocenters. The average Bonchev–Trinajstić information content (AvgIpc) is 3.24. The van der Waals surface area contributed by atoms with Gasteiger partial charge >= 0.3 is 0 Å². The highest BCUT2D eigenvalue weighted by Gasteiger charge is 2.48. The molecule has 2 aliphatic rings. The summed E-state index contributed by atoms with van der Waals surface area (Å²) in [5.41, 5.74) is 4.27. The zero-order chi connectivity index (χ0) is 29.0. The van der Waals surface area contributed by atoms with Gasteiger partial charge in [-0.2, -0.15) is 0 Å². The van der Waals surface area contributed by atoms with Gasteiger partial charge in [0, 0.05) is 42.9 Å². The van der Waals surface area contributed by atoms with Crippen molar-refractivity contribution in [2.45, 2.75) is 29.3 Å². The van der Waals surface area contributed by atoms with Gasteiger partial charge in [0.1, 0.15) is 11.0 Å².